The third-order valence-electron chi connectivity index (χ3n) is 4.48. The van der Waals surface area contributed by atoms with Crippen LogP contribution in [0.1, 0.15) is 75.2 Å². The maximum atomic E-state index is 2.66. The van der Waals surface area contributed by atoms with Crippen LogP contribution < -0.4 is 0 Å². The second-order valence-corrected chi connectivity index (χ2v) is 7.58. The third kappa shape index (κ3) is 5.30. The molecule has 0 aromatic heterocycles. The maximum Gasteiger partial charge on any atom is 0.00388 e. The normalized spacial score (nSPS) is 28.0. The highest BCUT2D eigenvalue weighted by atomic mass is 15.2. The number of nitrogens with zero attached hydrogens (tertiary/aromatic N) is 1. The minimum atomic E-state index is 0.447. The van der Waals surface area contributed by atoms with Crippen molar-refractivity contribution in [2.24, 2.45) is 16.7 Å². The topological polar surface area (TPSA) is 3.24 Å². The molecule has 1 fully saturated rings. The summed E-state index contributed by atoms with van der Waals surface area (Å²) in [5, 5.41) is 0. The van der Waals surface area contributed by atoms with Gasteiger partial charge in [-0.1, -0.05) is 48.5 Å². The molecule has 1 nitrogen and oxygen atoms in total. The molecule has 1 rings (SSSR count). The zero-order valence-corrected chi connectivity index (χ0v) is 14.4. The molecule has 110 valence electrons. The van der Waals surface area contributed by atoms with Crippen LogP contribution >= 0.6 is 0 Å². The van der Waals surface area contributed by atoms with Crippen molar-refractivity contribution in [3.05, 3.63) is 0 Å². The van der Waals surface area contributed by atoms with E-state index in [9.17, 15) is 0 Å². The van der Waals surface area contributed by atoms with Crippen LogP contribution in [0.3, 0.4) is 0 Å². The van der Waals surface area contributed by atoms with E-state index < -0.39 is 0 Å². The Morgan fingerprint density at radius 3 is 2.00 bits per heavy atom. The van der Waals surface area contributed by atoms with Gasteiger partial charge in [-0.3, -0.25) is 0 Å². The predicted octanol–water partition coefficient (Wildman–Crippen LogP) is 5.21. The zero-order chi connectivity index (χ0) is 14.6. The summed E-state index contributed by atoms with van der Waals surface area (Å²) in [5.41, 5.74) is 0.940. The molecule has 1 aliphatic heterocycles. The molecule has 0 saturated carbocycles. The summed E-state index contributed by atoms with van der Waals surface area (Å²) in [6, 6.07) is 0.688. The molecule has 0 N–H and O–H groups in total. The van der Waals surface area contributed by atoms with Crippen LogP contribution in [0.4, 0.5) is 0 Å². The summed E-state index contributed by atoms with van der Waals surface area (Å²) in [6.45, 7) is 23.4. The van der Waals surface area contributed by atoms with E-state index in [0.717, 1.165) is 5.92 Å². The number of hydrogen-bond donors (Lipinski definition) is 0. The minimum Gasteiger partial charge on any atom is -0.300 e. The van der Waals surface area contributed by atoms with Crippen molar-refractivity contribution in [2.75, 3.05) is 13.1 Å². The third-order valence-corrected chi connectivity index (χ3v) is 4.48. The van der Waals surface area contributed by atoms with E-state index in [1.165, 1.54) is 25.9 Å². The van der Waals surface area contributed by atoms with E-state index in [2.05, 4.69) is 53.4 Å². The van der Waals surface area contributed by atoms with Gasteiger partial charge in [0, 0.05) is 12.6 Å². The second-order valence-electron chi connectivity index (χ2n) is 7.58. The fourth-order valence-corrected chi connectivity index (χ4v) is 3.28. The molecule has 0 radical (unpaired) electrons. The van der Waals surface area contributed by atoms with Crippen molar-refractivity contribution in [1.29, 1.82) is 0 Å². The van der Waals surface area contributed by atoms with E-state index in [1.807, 2.05) is 13.8 Å². The number of likely N-dealkylation sites (tertiary alicyclic amines) is 1. The highest BCUT2D eigenvalue weighted by Gasteiger charge is 2.36. The first-order valence-corrected chi connectivity index (χ1v) is 7.88. The van der Waals surface area contributed by atoms with Gasteiger partial charge in [-0.05, 0) is 50.0 Å². The molecule has 0 bridgehead atoms. The molecule has 0 spiro atoms. The Balaban J connectivity index is 0.00000137. The average Bonchev–Trinajstić information content (AvgIpc) is 2.23. The molecule has 1 atom stereocenters. The minimum absolute atomic E-state index is 0.447. The lowest BCUT2D eigenvalue weighted by atomic mass is 9.66. The van der Waals surface area contributed by atoms with Crippen molar-refractivity contribution >= 4 is 0 Å². The van der Waals surface area contributed by atoms with Gasteiger partial charge in [0.15, 0.2) is 0 Å². The van der Waals surface area contributed by atoms with Gasteiger partial charge in [-0.25, -0.2) is 0 Å². The van der Waals surface area contributed by atoms with Gasteiger partial charge in [0.2, 0.25) is 0 Å². The van der Waals surface area contributed by atoms with Gasteiger partial charge in [-0.2, -0.15) is 0 Å². The monoisotopic (exact) mass is 255 g/mol. The van der Waals surface area contributed by atoms with E-state index in [4.69, 9.17) is 0 Å². The van der Waals surface area contributed by atoms with Crippen molar-refractivity contribution < 1.29 is 0 Å². The molecule has 0 amide bonds. The first kappa shape index (κ1) is 18.0. The highest BCUT2D eigenvalue weighted by Crippen LogP contribution is 2.42. The summed E-state index contributed by atoms with van der Waals surface area (Å²) < 4.78 is 0. The van der Waals surface area contributed by atoms with Crippen molar-refractivity contribution in [1.82, 2.24) is 4.90 Å². The number of rotatable bonds is 1. The Morgan fingerprint density at radius 1 is 1.06 bits per heavy atom. The van der Waals surface area contributed by atoms with Crippen molar-refractivity contribution in [3.8, 4) is 0 Å². The fourth-order valence-electron chi connectivity index (χ4n) is 3.28. The quantitative estimate of drug-likeness (QED) is 0.622. The highest BCUT2D eigenvalue weighted by molar-refractivity contribution is 4.88. The van der Waals surface area contributed by atoms with E-state index in [0.29, 0.717) is 16.9 Å². The molecule has 0 aromatic rings. The van der Waals surface area contributed by atoms with Crippen LogP contribution in [0.15, 0.2) is 0 Å². The largest absolute Gasteiger partial charge is 0.300 e. The average molecular weight is 255 g/mol. The summed E-state index contributed by atoms with van der Waals surface area (Å²) in [6.07, 6.45) is 2.69. The summed E-state index contributed by atoms with van der Waals surface area (Å²) in [5.74, 6) is 0.827. The standard InChI is InChI=1S/C15H31N.C2H6/c1-12(2)16-9-8-13(3)15(6,7)10-14(4,5)11-16;1-2/h12-13H,8-11H2,1-7H3;1-2H3. The molecule has 1 aliphatic rings. The van der Waals surface area contributed by atoms with Gasteiger partial charge >= 0.3 is 0 Å². The van der Waals surface area contributed by atoms with Crippen molar-refractivity contribution in [2.45, 2.75) is 81.2 Å². The lowest BCUT2D eigenvalue weighted by Gasteiger charge is -2.46. The van der Waals surface area contributed by atoms with Gasteiger partial charge in [-0.15, -0.1) is 0 Å². The summed E-state index contributed by atoms with van der Waals surface area (Å²) in [4.78, 5) is 2.66. The summed E-state index contributed by atoms with van der Waals surface area (Å²) in [7, 11) is 0. The van der Waals surface area contributed by atoms with Crippen molar-refractivity contribution in [3.63, 3.8) is 0 Å². The first-order valence-electron chi connectivity index (χ1n) is 7.88. The number of hydrogen-bond acceptors (Lipinski definition) is 1. The Hall–Kier alpha value is -0.0400. The lowest BCUT2D eigenvalue weighted by Crippen LogP contribution is -2.45. The van der Waals surface area contributed by atoms with Crippen LogP contribution in [0.5, 0.6) is 0 Å². The molecule has 1 saturated heterocycles. The van der Waals surface area contributed by atoms with Crippen LogP contribution in [-0.2, 0) is 0 Å². The fraction of sp³-hybridized carbons (Fsp3) is 1.00. The molecule has 1 heteroatoms. The molecular formula is C17H37N. The molecule has 1 unspecified atom stereocenters. The maximum absolute atomic E-state index is 2.66. The van der Waals surface area contributed by atoms with Crippen LogP contribution in [-0.4, -0.2) is 24.0 Å². The molecule has 1 heterocycles. The van der Waals surface area contributed by atoms with Gasteiger partial charge < -0.3 is 4.90 Å². The SMILES string of the molecule is CC.CC(C)N1CCC(C)C(C)(C)CC(C)(C)C1. The van der Waals surface area contributed by atoms with Crippen LogP contribution in [0.2, 0.25) is 0 Å². The molecular weight excluding hydrogens is 218 g/mol. The zero-order valence-electron chi connectivity index (χ0n) is 14.4. The molecule has 0 aliphatic carbocycles. The Bertz CT molecular complexity index is 228. The smallest absolute Gasteiger partial charge is 0.00388 e. The Labute approximate surface area is 116 Å². The van der Waals surface area contributed by atoms with E-state index in [-0.39, 0.29) is 0 Å². The molecule has 0 aromatic carbocycles. The Kier molecular flexibility index (Phi) is 6.92. The van der Waals surface area contributed by atoms with E-state index >= 15 is 0 Å². The van der Waals surface area contributed by atoms with Crippen LogP contribution in [0.25, 0.3) is 0 Å². The van der Waals surface area contributed by atoms with Crippen LogP contribution in [0, 0.1) is 16.7 Å². The predicted molar refractivity (Wildman–Crippen MR) is 84.0 cm³/mol. The van der Waals surface area contributed by atoms with Gasteiger partial charge in [0.25, 0.3) is 0 Å². The first-order chi connectivity index (χ1) is 8.14. The van der Waals surface area contributed by atoms with Gasteiger partial charge in [0.05, 0.1) is 0 Å². The molecule has 18 heavy (non-hydrogen) atoms. The second kappa shape index (κ2) is 6.93. The van der Waals surface area contributed by atoms with E-state index in [1.54, 1.807) is 0 Å². The van der Waals surface area contributed by atoms with Gasteiger partial charge in [0.1, 0.15) is 0 Å². The Morgan fingerprint density at radius 2 is 1.56 bits per heavy atom. The lowest BCUT2D eigenvalue weighted by molar-refractivity contribution is 0.0381. The summed E-state index contributed by atoms with van der Waals surface area (Å²) >= 11 is 0.